The zero-order valence-corrected chi connectivity index (χ0v) is 20.7. The zero-order valence-electron chi connectivity index (χ0n) is 20.7. The summed E-state index contributed by atoms with van der Waals surface area (Å²) in [7, 11) is 4.94. The molecule has 0 aromatic heterocycles. The maximum atomic E-state index is 13.0. The van der Waals surface area contributed by atoms with Crippen LogP contribution in [-0.4, -0.2) is 44.9 Å². The molecule has 4 aromatic carbocycles. The average Bonchev–Trinajstić information content (AvgIpc) is 3.39. The highest BCUT2D eigenvalue weighted by atomic mass is 16.6. The SMILES string of the molecule is COc1ccc2cc(C[C@H]3C=CCN3C(=O)OCc3ccccc3)c3cc(OC)c(OC)cc3c2c1. The first-order valence-corrected chi connectivity index (χ1v) is 11.9. The Morgan fingerprint density at radius 3 is 2.33 bits per heavy atom. The first kappa shape index (κ1) is 23.5. The van der Waals surface area contributed by atoms with Gasteiger partial charge < -0.3 is 18.9 Å². The maximum absolute atomic E-state index is 13.0. The third-order valence-corrected chi connectivity index (χ3v) is 6.68. The van der Waals surface area contributed by atoms with E-state index < -0.39 is 0 Å². The van der Waals surface area contributed by atoms with E-state index >= 15 is 0 Å². The van der Waals surface area contributed by atoms with Crippen molar-refractivity contribution in [2.45, 2.75) is 19.1 Å². The van der Waals surface area contributed by atoms with Gasteiger partial charge in [-0.1, -0.05) is 54.6 Å². The van der Waals surface area contributed by atoms with E-state index in [1.54, 1.807) is 26.2 Å². The molecule has 0 fully saturated rings. The molecular weight excluding hydrogens is 454 g/mol. The quantitative estimate of drug-likeness (QED) is 0.234. The Labute approximate surface area is 210 Å². The van der Waals surface area contributed by atoms with Gasteiger partial charge in [0.05, 0.1) is 27.4 Å². The van der Waals surface area contributed by atoms with Gasteiger partial charge in [-0.3, -0.25) is 4.90 Å². The number of nitrogens with zero attached hydrogens (tertiary/aromatic N) is 1. The van der Waals surface area contributed by atoms with Crippen molar-refractivity contribution < 1.29 is 23.7 Å². The summed E-state index contributed by atoms with van der Waals surface area (Å²) in [5.74, 6) is 2.12. The standard InChI is InChI=1S/C30H29NO5/c1-33-24-12-11-21-14-22(26-17-28(34-2)29(35-3)18-27(26)25(21)16-24)15-23-10-7-13-31(23)30(32)36-19-20-8-5-4-6-9-20/h4-12,14,16-18,23H,13,15,19H2,1-3H3/t23-/m1/s1. The molecule has 1 amide bonds. The number of ether oxygens (including phenoxy) is 4. The van der Waals surface area contributed by atoms with Gasteiger partial charge >= 0.3 is 6.09 Å². The molecule has 0 bridgehead atoms. The summed E-state index contributed by atoms with van der Waals surface area (Å²) in [5, 5.41) is 4.24. The van der Waals surface area contributed by atoms with Crippen LogP contribution in [0, 0.1) is 0 Å². The zero-order chi connectivity index (χ0) is 25.1. The van der Waals surface area contributed by atoms with Crippen LogP contribution in [0.2, 0.25) is 0 Å². The fraction of sp³-hybridized carbons (Fsp3) is 0.233. The molecule has 0 radical (unpaired) electrons. The monoisotopic (exact) mass is 483 g/mol. The van der Waals surface area contributed by atoms with E-state index in [9.17, 15) is 4.79 Å². The van der Waals surface area contributed by atoms with Crippen LogP contribution >= 0.6 is 0 Å². The van der Waals surface area contributed by atoms with Crippen molar-refractivity contribution in [1.29, 1.82) is 0 Å². The maximum Gasteiger partial charge on any atom is 0.410 e. The second kappa shape index (κ2) is 10.2. The molecule has 0 saturated heterocycles. The van der Waals surface area contributed by atoms with E-state index in [0.29, 0.717) is 24.5 Å². The van der Waals surface area contributed by atoms with Crippen molar-refractivity contribution in [1.82, 2.24) is 4.90 Å². The van der Waals surface area contributed by atoms with Gasteiger partial charge in [0.25, 0.3) is 0 Å². The van der Waals surface area contributed by atoms with Crippen molar-refractivity contribution in [3.63, 3.8) is 0 Å². The van der Waals surface area contributed by atoms with Crippen molar-refractivity contribution in [3.05, 3.63) is 90.0 Å². The van der Waals surface area contributed by atoms with Gasteiger partial charge in [0.1, 0.15) is 12.4 Å². The Balaban J connectivity index is 1.50. The fourth-order valence-electron chi connectivity index (χ4n) is 4.81. The van der Waals surface area contributed by atoms with Gasteiger partial charge in [-0.05, 0) is 63.4 Å². The summed E-state index contributed by atoms with van der Waals surface area (Å²) in [4.78, 5) is 14.7. The number of amides is 1. The van der Waals surface area contributed by atoms with Gasteiger partial charge in [0, 0.05) is 6.54 Å². The predicted molar refractivity (Wildman–Crippen MR) is 141 cm³/mol. The van der Waals surface area contributed by atoms with Crippen LogP contribution in [0.4, 0.5) is 4.79 Å². The number of fused-ring (bicyclic) bond motifs is 3. The lowest BCUT2D eigenvalue weighted by atomic mass is 9.93. The molecule has 1 aliphatic heterocycles. The number of rotatable bonds is 7. The number of hydrogen-bond acceptors (Lipinski definition) is 5. The molecule has 4 aromatic rings. The van der Waals surface area contributed by atoms with Crippen molar-refractivity contribution in [3.8, 4) is 17.2 Å². The van der Waals surface area contributed by atoms with E-state index in [-0.39, 0.29) is 18.7 Å². The Bertz CT molecular complexity index is 1430. The van der Waals surface area contributed by atoms with Crippen molar-refractivity contribution >= 4 is 27.6 Å². The van der Waals surface area contributed by atoms with Gasteiger partial charge in [-0.15, -0.1) is 0 Å². The second-order valence-corrected chi connectivity index (χ2v) is 8.77. The van der Waals surface area contributed by atoms with Crippen LogP contribution in [0.3, 0.4) is 0 Å². The molecular formula is C30H29NO5. The lowest BCUT2D eigenvalue weighted by Crippen LogP contribution is -2.37. The summed E-state index contributed by atoms with van der Waals surface area (Å²) >= 11 is 0. The number of methoxy groups -OCH3 is 3. The lowest BCUT2D eigenvalue weighted by molar-refractivity contribution is 0.0950. The molecule has 0 aliphatic carbocycles. The molecule has 6 nitrogen and oxygen atoms in total. The Morgan fingerprint density at radius 2 is 1.61 bits per heavy atom. The van der Waals surface area contributed by atoms with Gasteiger partial charge in [-0.25, -0.2) is 4.79 Å². The molecule has 184 valence electrons. The summed E-state index contributed by atoms with van der Waals surface area (Å²) in [6, 6.07) is 21.9. The number of benzene rings is 4. The van der Waals surface area contributed by atoms with Crippen LogP contribution in [0.25, 0.3) is 21.5 Å². The molecule has 0 spiro atoms. The van der Waals surface area contributed by atoms with E-state index in [0.717, 1.165) is 38.4 Å². The van der Waals surface area contributed by atoms with E-state index in [1.807, 2.05) is 60.7 Å². The summed E-state index contributed by atoms with van der Waals surface area (Å²) in [6.07, 6.45) is 4.42. The molecule has 0 N–H and O–H groups in total. The van der Waals surface area contributed by atoms with Crippen molar-refractivity contribution in [2.24, 2.45) is 0 Å². The predicted octanol–water partition coefficient (Wildman–Crippen LogP) is 6.14. The number of carbonyl (C=O) groups is 1. The Kier molecular flexibility index (Phi) is 6.67. The molecule has 1 atom stereocenters. The molecule has 0 saturated carbocycles. The molecule has 0 unspecified atom stereocenters. The minimum absolute atomic E-state index is 0.111. The van der Waals surface area contributed by atoms with Gasteiger partial charge in [-0.2, -0.15) is 0 Å². The summed E-state index contributed by atoms with van der Waals surface area (Å²) in [6.45, 7) is 0.777. The number of carbonyl (C=O) groups excluding carboxylic acids is 1. The summed E-state index contributed by atoms with van der Waals surface area (Å²) < 4.78 is 22.3. The van der Waals surface area contributed by atoms with Gasteiger partial charge in [0.15, 0.2) is 11.5 Å². The first-order valence-electron chi connectivity index (χ1n) is 11.9. The van der Waals surface area contributed by atoms with Crippen LogP contribution in [-0.2, 0) is 17.8 Å². The van der Waals surface area contributed by atoms with Crippen LogP contribution < -0.4 is 14.2 Å². The van der Waals surface area contributed by atoms with Crippen LogP contribution in [0.1, 0.15) is 11.1 Å². The molecule has 6 heteroatoms. The summed E-state index contributed by atoms with van der Waals surface area (Å²) in [5.41, 5.74) is 2.08. The highest BCUT2D eigenvalue weighted by Gasteiger charge is 2.27. The third kappa shape index (κ3) is 4.54. The van der Waals surface area contributed by atoms with E-state index in [2.05, 4.69) is 18.2 Å². The molecule has 1 aliphatic rings. The van der Waals surface area contributed by atoms with E-state index in [1.165, 1.54) is 0 Å². The van der Waals surface area contributed by atoms with Crippen LogP contribution in [0.5, 0.6) is 17.2 Å². The highest BCUT2D eigenvalue weighted by molar-refractivity contribution is 6.10. The average molecular weight is 484 g/mol. The molecule has 36 heavy (non-hydrogen) atoms. The van der Waals surface area contributed by atoms with Crippen molar-refractivity contribution in [2.75, 3.05) is 27.9 Å². The third-order valence-electron chi connectivity index (χ3n) is 6.68. The molecule has 1 heterocycles. The van der Waals surface area contributed by atoms with Gasteiger partial charge in [0.2, 0.25) is 0 Å². The highest BCUT2D eigenvalue weighted by Crippen LogP contribution is 2.39. The fourth-order valence-corrected chi connectivity index (χ4v) is 4.81. The molecule has 5 rings (SSSR count). The lowest BCUT2D eigenvalue weighted by Gasteiger charge is -2.25. The largest absolute Gasteiger partial charge is 0.497 e. The second-order valence-electron chi connectivity index (χ2n) is 8.77. The first-order chi connectivity index (χ1) is 17.6. The minimum atomic E-state index is -0.317. The minimum Gasteiger partial charge on any atom is -0.497 e. The topological polar surface area (TPSA) is 57.2 Å². The normalized spacial score (nSPS) is 14.9. The smallest absolute Gasteiger partial charge is 0.410 e. The van der Waals surface area contributed by atoms with Crippen LogP contribution in [0.15, 0.2) is 78.9 Å². The number of hydrogen-bond donors (Lipinski definition) is 0. The Hall–Kier alpha value is -4.19. The van der Waals surface area contributed by atoms with E-state index in [4.69, 9.17) is 18.9 Å². The Morgan fingerprint density at radius 1 is 0.861 bits per heavy atom.